The zero-order chi connectivity index (χ0) is 16.4. The van der Waals surface area contributed by atoms with Gasteiger partial charge < -0.3 is 10.4 Å². The maximum absolute atomic E-state index is 9.81. The maximum Gasteiger partial charge on any atom is 0.168 e. The van der Waals surface area contributed by atoms with Crippen LogP contribution < -0.4 is 5.32 Å². The van der Waals surface area contributed by atoms with Gasteiger partial charge in [-0.05, 0) is 37.3 Å². The van der Waals surface area contributed by atoms with E-state index in [0.29, 0.717) is 5.92 Å². The van der Waals surface area contributed by atoms with E-state index in [1.54, 1.807) is 29.6 Å². The Morgan fingerprint density at radius 1 is 1.21 bits per heavy atom. The number of aliphatic hydroxyl groups is 1. The van der Waals surface area contributed by atoms with E-state index in [1.165, 1.54) is 0 Å². The Morgan fingerprint density at radius 2 is 2.08 bits per heavy atom. The first kappa shape index (κ1) is 15.0. The van der Waals surface area contributed by atoms with Crippen molar-refractivity contribution in [2.24, 2.45) is 5.92 Å². The van der Waals surface area contributed by atoms with Gasteiger partial charge in [0.25, 0.3) is 0 Å². The van der Waals surface area contributed by atoms with Crippen LogP contribution in [0.25, 0.3) is 16.7 Å². The minimum absolute atomic E-state index is 0.162. The van der Waals surface area contributed by atoms with Gasteiger partial charge >= 0.3 is 0 Å². The van der Waals surface area contributed by atoms with E-state index in [-0.39, 0.29) is 6.10 Å². The first-order valence-electron chi connectivity index (χ1n) is 8.32. The molecule has 7 heteroatoms. The number of hydrogen-bond donors (Lipinski definition) is 2. The van der Waals surface area contributed by atoms with Crippen LogP contribution in [-0.4, -0.2) is 42.5 Å². The molecule has 0 aliphatic heterocycles. The van der Waals surface area contributed by atoms with Crippen LogP contribution in [-0.2, 0) is 0 Å². The normalized spacial score (nSPS) is 21.0. The second kappa shape index (κ2) is 6.52. The molecule has 2 atom stereocenters. The summed E-state index contributed by atoms with van der Waals surface area (Å²) in [6.45, 7) is 0.809. The fourth-order valence-electron chi connectivity index (χ4n) is 3.35. The molecule has 4 rings (SSSR count). The molecule has 24 heavy (non-hydrogen) atoms. The standard InChI is InChI=1S/C17H20N6O/c24-14-3-1-2-12(8-14)9-19-16-15-10-22-23(17(15)21-11-20-16)13-4-6-18-7-5-13/h4-7,10-12,14,24H,1-3,8-9H2,(H,19,20,21). The lowest BCUT2D eigenvalue weighted by atomic mass is 9.87. The number of anilines is 1. The summed E-state index contributed by atoms with van der Waals surface area (Å²) >= 11 is 0. The number of rotatable bonds is 4. The molecule has 1 aliphatic rings. The van der Waals surface area contributed by atoms with E-state index in [1.807, 2.05) is 12.1 Å². The fourth-order valence-corrected chi connectivity index (χ4v) is 3.35. The quantitative estimate of drug-likeness (QED) is 0.764. The Kier molecular flexibility index (Phi) is 4.08. The van der Waals surface area contributed by atoms with Gasteiger partial charge in [-0.3, -0.25) is 4.98 Å². The molecule has 0 amide bonds. The predicted octanol–water partition coefficient (Wildman–Crippen LogP) is 2.17. The lowest BCUT2D eigenvalue weighted by molar-refractivity contribution is 0.104. The molecule has 124 valence electrons. The largest absolute Gasteiger partial charge is 0.393 e. The second-order valence-electron chi connectivity index (χ2n) is 6.29. The summed E-state index contributed by atoms with van der Waals surface area (Å²) in [5, 5.41) is 18.6. The predicted molar refractivity (Wildman–Crippen MR) is 90.9 cm³/mol. The molecule has 0 saturated heterocycles. The Labute approximate surface area is 139 Å². The van der Waals surface area contributed by atoms with Crippen LogP contribution in [0, 0.1) is 5.92 Å². The lowest BCUT2D eigenvalue weighted by Gasteiger charge is -2.26. The van der Waals surface area contributed by atoms with Gasteiger partial charge in [0.2, 0.25) is 0 Å². The monoisotopic (exact) mass is 324 g/mol. The van der Waals surface area contributed by atoms with Crippen molar-refractivity contribution in [3.05, 3.63) is 37.1 Å². The van der Waals surface area contributed by atoms with Crippen LogP contribution in [0.2, 0.25) is 0 Å². The molecular formula is C17H20N6O. The van der Waals surface area contributed by atoms with E-state index < -0.39 is 0 Å². The molecule has 3 heterocycles. The molecule has 2 N–H and O–H groups in total. The molecule has 3 aromatic rings. The summed E-state index contributed by atoms with van der Waals surface area (Å²) in [4.78, 5) is 12.8. The van der Waals surface area contributed by atoms with Crippen molar-refractivity contribution in [3.63, 3.8) is 0 Å². The Bertz CT molecular complexity index is 818. The van der Waals surface area contributed by atoms with Crippen LogP contribution >= 0.6 is 0 Å². The van der Waals surface area contributed by atoms with E-state index in [2.05, 4.69) is 25.4 Å². The highest BCUT2D eigenvalue weighted by atomic mass is 16.3. The third-order valence-corrected chi connectivity index (χ3v) is 4.59. The van der Waals surface area contributed by atoms with Crippen LogP contribution in [0.3, 0.4) is 0 Å². The maximum atomic E-state index is 9.81. The number of aliphatic hydroxyl groups excluding tert-OH is 1. The molecular weight excluding hydrogens is 304 g/mol. The fraction of sp³-hybridized carbons (Fsp3) is 0.412. The van der Waals surface area contributed by atoms with Gasteiger partial charge in [-0.25, -0.2) is 14.6 Å². The van der Waals surface area contributed by atoms with Gasteiger partial charge in [0.15, 0.2) is 5.65 Å². The van der Waals surface area contributed by atoms with Crippen molar-refractivity contribution in [1.29, 1.82) is 0 Å². The Morgan fingerprint density at radius 3 is 2.92 bits per heavy atom. The van der Waals surface area contributed by atoms with Crippen molar-refractivity contribution < 1.29 is 5.11 Å². The minimum atomic E-state index is -0.162. The highest BCUT2D eigenvalue weighted by Gasteiger charge is 2.20. The highest BCUT2D eigenvalue weighted by Crippen LogP contribution is 2.26. The smallest absolute Gasteiger partial charge is 0.168 e. The van der Waals surface area contributed by atoms with Crippen LogP contribution in [0.4, 0.5) is 5.82 Å². The van der Waals surface area contributed by atoms with Crippen molar-refractivity contribution in [2.45, 2.75) is 31.8 Å². The third-order valence-electron chi connectivity index (χ3n) is 4.59. The molecule has 0 spiro atoms. The third kappa shape index (κ3) is 2.94. The van der Waals surface area contributed by atoms with E-state index in [0.717, 1.165) is 54.8 Å². The number of aromatic nitrogens is 5. The van der Waals surface area contributed by atoms with E-state index >= 15 is 0 Å². The molecule has 1 fully saturated rings. The number of hydrogen-bond acceptors (Lipinski definition) is 6. The summed E-state index contributed by atoms with van der Waals surface area (Å²) < 4.78 is 1.79. The van der Waals surface area contributed by atoms with Gasteiger partial charge in [-0.15, -0.1) is 0 Å². The molecule has 1 aliphatic carbocycles. The molecule has 3 aromatic heterocycles. The zero-order valence-corrected chi connectivity index (χ0v) is 13.3. The summed E-state index contributed by atoms with van der Waals surface area (Å²) in [6.07, 6.45) is 10.7. The molecule has 0 radical (unpaired) electrons. The average Bonchev–Trinajstić information content (AvgIpc) is 3.05. The first-order valence-corrected chi connectivity index (χ1v) is 8.32. The number of nitrogens with zero attached hydrogens (tertiary/aromatic N) is 5. The molecule has 1 saturated carbocycles. The van der Waals surface area contributed by atoms with Crippen molar-refractivity contribution in [2.75, 3.05) is 11.9 Å². The van der Waals surface area contributed by atoms with Gasteiger partial charge in [0.05, 0.1) is 23.4 Å². The SMILES string of the molecule is OC1CCCC(CNc2ncnc3c2cnn3-c2ccncc2)C1. The van der Waals surface area contributed by atoms with E-state index in [4.69, 9.17) is 0 Å². The molecule has 7 nitrogen and oxygen atoms in total. The number of fused-ring (bicyclic) bond motifs is 1. The van der Waals surface area contributed by atoms with Crippen molar-refractivity contribution >= 4 is 16.9 Å². The van der Waals surface area contributed by atoms with Crippen LogP contribution in [0.1, 0.15) is 25.7 Å². The molecule has 0 bridgehead atoms. The van der Waals surface area contributed by atoms with Gasteiger partial charge in [0, 0.05) is 18.9 Å². The molecule has 2 unspecified atom stereocenters. The average molecular weight is 324 g/mol. The van der Waals surface area contributed by atoms with Crippen LogP contribution in [0.5, 0.6) is 0 Å². The summed E-state index contributed by atoms with van der Waals surface area (Å²) in [7, 11) is 0. The van der Waals surface area contributed by atoms with Crippen LogP contribution in [0.15, 0.2) is 37.1 Å². The Balaban J connectivity index is 1.57. The Hall–Kier alpha value is -2.54. The van der Waals surface area contributed by atoms with Crippen molar-refractivity contribution in [3.8, 4) is 5.69 Å². The van der Waals surface area contributed by atoms with Crippen molar-refractivity contribution in [1.82, 2.24) is 24.7 Å². The number of nitrogens with one attached hydrogen (secondary N) is 1. The summed E-state index contributed by atoms with van der Waals surface area (Å²) in [5.41, 5.74) is 1.68. The number of pyridine rings is 1. The van der Waals surface area contributed by atoms with Gasteiger partial charge in [0.1, 0.15) is 12.1 Å². The minimum Gasteiger partial charge on any atom is -0.393 e. The van der Waals surface area contributed by atoms with Gasteiger partial charge in [-0.2, -0.15) is 5.10 Å². The zero-order valence-electron chi connectivity index (χ0n) is 13.3. The highest BCUT2D eigenvalue weighted by molar-refractivity contribution is 5.87. The topological polar surface area (TPSA) is 88.8 Å². The van der Waals surface area contributed by atoms with Gasteiger partial charge in [-0.1, -0.05) is 6.42 Å². The second-order valence-corrected chi connectivity index (χ2v) is 6.29. The lowest BCUT2D eigenvalue weighted by Crippen LogP contribution is -2.25. The molecule has 0 aromatic carbocycles. The van der Waals surface area contributed by atoms with E-state index in [9.17, 15) is 5.11 Å². The summed E-state index contributed by atoms with van der Waals surface area (Å²) in [5.74, 6) is 1.27. The summed E-state index contributed by atoms with van der Waals surface area (Å²) in [6, 6.07) is 3.79. The first-order chi connectivity index (χ1) is 11.8.